The van der Waals surface area contributed by atoms with Crippen LogP contribution in [0.2, 0.25) is 0 Å². The summed E-state index contributed by atoms with van der Waals surface area (Å²) in [5, 5.41) is 0. The predicted molar refractivity (Wildman–Crippen MR) is 140 cm³/mol. The number of rotatable bonds is 10. The summed E-state index contributed by atoms with van der Waals surface area (Å²) in [5.41, 5.74) is 3.19. The van der Waals surface area contributed by atoms with Crippen molar-refractivity contribution >= 4 is 35.4 Å². The van der Waals surface area contributed by atoms with Gasteiger partial charge in [0.15, 0.2) is 5.78 Å². The molecule has 0 saturated carbocycles. The lowest BCUT2D eigenvalue weighted by Crippen LogP contribution is -2.27. The number of aryl methyl sites for hydroxylation is 2. The van der Waals surface area contributed by atoms with E-state index in [1.165, 1.54) is 32.2 Å². The van der Waals surface area contributed by atoms with Gasteiger partial charge in [0, 0.05) is 41.8 Å². The van der Waals surface area contributed by atoms with Crippen molar-refractivity contribution in [1.29, 1.82) is 0 Å². The fourth-order valence-electron chi connectivity index (χ4n) is 3.58. The Labute approximate surface area is 202 Å². The highest BCUT2D eigenvalue weighted by molar-refractivity contribution is 8.00. The summed E-state index contributed by atoms with van der Waals surface area (Å²) in [4.78, 5) is 15.6. The van der Waals surface area contributed by atoms with E-state index < -0.39 is 5.41 Å². The van der Waals surface area contributed by atoms with E-state index in [1.54, 1.807) is 0 Å². The number of thiophene rings is 1. The van der Waals surface area contributed by atoms with Crippen LogP contribution in [0.25, 0.3) is 0 Å². The minimum Gasteiger partial charge on any atom is -0.486 e. The number of ketones is 1. The van der Waals surface area contributed by atoms with Crippen molar-refractivity contribution in [3.63, 3.8) is 0 Å². The largest absolute Gasteiger partial charge is 0.486 e. The normalized spacial score (nSPS) is 12.4. The van der Waals surface area contributed by atoms with Gasteiger partial charge in [-0.1, -0.05) is 46.8 Å². The van der Waals surface area contributed by atoms with Crippen LogP contribution in [0.15, 0.2) is 32.9 Å². The van der Waals surface area contributed by atoms with Crippen LogP contribution in [-0.2, 0) is 10.2 Å². The number of Topliss-reactive ketones (excluding diaryl/α,β-unsaturated/α-hetero) is 1. The Hall–Kier alpha value is -1.79. The monoisotopic (exact) mass is 474 g/mol. The summed E-state index contributed by atoms with van der Waals surface area (Å²) in [7, 11) is 3.95. The average Bonchev–Trinajstić information content (AvgIpc) is 3.08. The van der Waals surface area contributed by atoms with Crippen LogP contribution in [0.1, 0.15) is 69.0 Å². The third-order valence-corrected chi connectivity index (χ3v) is 8.28. The van der Waals surface area contributed by atoms with E-state index in [9.17, 15) is 4.79 Å². The highest BCUT2D eigenvalue weighted by Crippen LogP contribution is 2.46. The number of carbonyl (C=O) groups is 1. The third kappa shape index (κ3) is 6.16. The lowest BCUT2D eigenvalue weighted by atomic mass is 9.74. The first-order valence-corrected chi connectivity index (χ1v) is 12.8. The van der Waals surface area contributed by atoms with Crippen molar-refractivity contribution in [3.8, 4) is 5.75 Å². The summed E-state index contributed by atoms with van der Waals surface area (Å²) in [6.07, 6.45) is 3.86. The first kappa shape index (κ1) is 26.5. The molecule has 0 radical (unpaired) electrons. The zero-order chi connectivity index (χ0) is 24.1. The van der Waals surface area contributed by atoms with Crippen molar-refractivity contribution in [1.82, 2.24) is 4.90 Å². The van der Waals surface area contributed by atoms with Crippen molar-refractivity contribution < 1.29 is 9.53 Å². The maximum atomic E-state index is 12.3. The average molecular weight is 475 g/mol. The van der Waals surface area contributed by atoms with Crippen LogP contribution in [0, 0.1) is 19.3 Å². The predicted octanol–water partition coefficient (Wildman–Crippen LogP) is 7.06. The van der Waals surface area contributed by atoms with Crippen molar-refractivity contribution in [3.05, 3.63) is 45.8 Å². The molecule has 0 atom stereocenters. The first-order valence-electron chi connectivity index (χ1n) is 11.2. The molecule has 6 heteroatoms. The molecule has 32 heavy (non-hydrogen) atoms. The van der Waals surface area contributed by atoms with Crippen LogP contribution in [0.5, 0.6) is 5.75 Å². The van der Waals surface area contributed by atoms with Gasteiger partial charge in [-0.05, 0) is 55.5 Å². The first-order chi connectivity index (χ1) is 14.9. The van der Waals surface area contributed by atoms with Gasteiger partial charge in [-0.15, -0.1) is 11.3 Å². The standard InChI is InChI=1S/C26H38N2O2S2/c1-10-26(11-2,23-15-19(4)24(31-23)32-27-17-28(8)9)20-12-13-21(18(3)14-20)30-16-22(29)25(5,6)7/h12-15,17H,10-11,16H2,1-9H3/b27-17+. The van der Waals surface area contributed by atoms with Crippen LogP contribution >= 0.6 is 23.3 Å². The number of benzene rings is 1. The number of hydrogen-bond donors (Lipinski definition) is 0. The Bertz CT molecular complexity index is 951. The van der Waals surface area contributed by atoms with Gasteiger partial charge in [0.05, 0.1) is 10.5 Å². The Morgan fingerprint density at radius 1 is 1.12 bits per heavy atom. The summed E-state index contributed by atoms with van der Waals surface area (Å²) in [6, 6.07) is 8.75. The van der Waals surface area contributed by atoms with E-state index in [2.05, 4.69) is 50.3 Å². The van der Waals surface area contributed by atoms with Gasteiger partial charge >= 0.3 is 0 Å². The molecule has 1 aromatic heterocycles. The van der Waals surface area contributed by atoms with Crippen LogP contribution in [0.3, 0.4) is 0 Å². The van der Waals surface area contributed by atoms with Gasteiger partial charge in [0.25, 0.3) is 0 Å². The van der Waals surface area contributed by atoms with Gasteiger partial charge < -0.3 is 9.64 Å². The van der Waals surface area contributed by atoms with Gasteiger partial charge in [0.2, 0.25) is 0 Å². The molecule has 0 amide bonds. The SMILES string of the molecule is CCC(CC)(c1ccc(OCC(=O)C(C)(C)C)c(C)c1)c1cc(C)c(S/N=C/N(C)C)s1. The van der Waals surface area contributed by atoms with Crippen LogP contribution in [-0.4, -0.2) is 37.7 Å². The fourth-order valence-corrected chi connectivity index (χ4v) is 5.91. The number of nitrogens with zero attached hydrogens (tertiary/aromatic N) is 2. The molecule has 0 N–H and O–H groups in total. The molecular weight excluding hydrogens is 436 g/mol. The second kappa shape index (κ2) is 10.9. The second-order valence-corrected chi connectivity index (χ2v) is 11.7. The second-order valence-electron chi connectivity index (χ2n) is 9.59. The van der Waals surface area contributed by atoms with E-state index in [1.807, 2.05) is 63.5 Å². The van der Waals surface area contributed by atoms with E-state index in [0.29, 0.717) is 0 Å². The molecule has 4 nitrogen and oxygen atoms in total. The molecule has 2 aromatic rings. The van der Waals surface area contributed by atoms with Crippen LogP contribution in [0.4, 0.5) is 0 Å². The number of ether oxygens (including phenoxy) is 1. The van der Waals surface area contributed by atoms with E-state index >= 15 is 0 Å². The van der Waals surface area contributed by atoms with Gasteiger partial charge in [-0.25, -0.2) is 4.40 Å². The Balaban J connectivity index is 2.34. The lowest BCUT2D eigenvalue weighted by molar-refractivity contribution is -0.128. The Morgan fingerprint density at radius 3 is 2.31 bits per heavy atom. The van der Waals surface area contributed by atoms with E-state index in [4.69, 9.17) is 4.74 Å². The minimum atomic E-state index is -0.392. The van der Waals surface area contributed by atoms with E-state index in [-0.39, 0.29) is 17.8 Å². The quantitative estimate of drug-likeness (QED) is 0.210. The topological polar surface area (TPSA) is 41.9 Å². The van der Waals surface area contributed by atoms with Crippen LogP contribution < -0.4 is 4.74 Å². The Morgan fingerprint density at radius 2 is 1.78 bits per heavy atom. The highest BCUT2D eigenvalue weighted by Gasteiger charge is 2.33. The van der Waals surface area contributed by atoms with Crippen molar-refractivity contribution in [2.45, 2.75) is 70.9 Å². The van der Waals surface area contributed by atoms with E-state index in [0.717, 1.165) is 24.2 Å². The molecule has 1 aromatic carbocycles. The maximum absolute atomic E-state index is 12.3. The zero-order valence-corrected chi connectivity index (χ0v) is 22.7. The van der Waals surface area contributed by atoms with Gasteiger partial charge in [0.1, 0.15) is 12.4 Å². The summed E-state index contributed by atoms with van der Waals surface area (Å²) >= 11 is 3.38. The van der Waals surface area contributed by atoms with Gasteiger partial charge in [-0.2, -0.15) is 0 Å². The molecule has 2 rings (SSSR count). The Kier molecular flexibility index (Phi) is 9.00. The smallest absolute Gasteiger partial charge is 0.175 e. The maximum Gasteiger partial charge on any atom is 0.175 e. The molecule has 176 valence electrons. The molecule has 1 heterocycles. The molecule has 0 fully saturated rings. The molecule has 0 spiro atoms. The molecule has 0 aliphatic heterocycles. The molecule has 0 aliphatic carbocycles. The third-order valence-electron chi connectivity index (χ3n) is 5.89. The molecular formula is C26H38N2O2S2. The zero-order valence-electron chi connectivity index (χ0n) is 21.0. The fraction of sp³-hybridized carbons (Fsp3) is 0.538. The molecule has 0 unspecified atom stereocenters. The summed E-state index contributed by atoms with van der Waals surface area (Å²) in [5.74, 6) is 0.887. The molecule has 0 aliphatic rings. The number of carbonyl (C=O) groups excluding carboxylic acids is 1. The lowest BCUT2D eigenvalue weighted by Gasteiger charge is -2.32. The summed E-state index contributed by atoms with van der Waals surface area (Å²) in [6.45, 7) is 14.6. The van der Waals surface area contributed by atoms with Gasteiger partial charge in [-0.3, -0.25) is 4.79 Å². The highest BCUT2D eigenvalue weighted by atomic mass is 32.2. The van der Waals surface area contributed by atoms with Crippen molar-refractivity contribution in [2.75, 3.05) is 20.7 Å². The number of hydrogen-bond acceptors (Lipinski definition) is 5. The minimum absolute atomic E-state index is 0.0516. The molecule has 0 saturated heterocycles. The molecule has 0 bridgehead atoms. The van der Waals surface area contributed by atoms with Crippen molar-refractivity contribution in [2.24, 2.45) is 9.81 Å². The summed E-state index contributed by atoms with van der Waals surface area (Å²) < 4.78 is 11.6.